The Kier molecular flexibility index (Phi) is 10.1. The molecule has 2 aliphatic heterocycles. The normalized spacial score (nSPS) is 24.6. The highest BCUT2D eigenvalue weighted by Gasteiger charge is 2.61. The molecule has 1 aromatic heterocycles. The van der Waals surface area contributed by atoms with Crippen molar-refractivity contribution < 1.29 is 37.0 Å². The summed E-state index contributed by atoms with van der Waals surface area (Å²) in [4.78, 5) is 47.2. The number of benzene rings is 3. The molecular formula is C40H42N4O8S. The third kappa shape index (κ3) is 7.57. The van der Waals surface area contributed by atoms with Crippen molar-refractivity contribution >= 4 is 38.6 Å². The van der Waals surface area contributed by atoms with Gasteiger partial charge in [-0.2, -0.15) is 0 Å². The van der Waals surface area contributed by atoms with Gasteiger partial charge in [0, 0.05) is 42.3 Å². The smallest absolute Gasteiger partial charge is 0.267 e. The number of allylic oxidation sites excluding steroid dienone is 1. The van der Waals surface area contributed by atoms with Crippen LogP contribution >= 0.6 is 0 Å². The second-order valence-corrected chi connectivity index (χ2v) is 15.3. The van der Waals surface area contributed by atoms with Gasteiger partial charge in [0.2, 0.25) is 11.8 Å². The minimum absolute atomic E-state index is 0.127. The van der Waals surface area contributed by atoms with Gasteiger partial charge in [-0.25, -0.2) is 18.1 Å². The number of fused-ring (bicyclic) bond motifs is 3. The molecule has 0 bridgehead atoms. The molecule has 2 N–H and O–H groups in total. The Morgan fingerprint density at radius 3 is 2.60 bits per heavy atom. The van der Waals surface area contributed by atoms with E-state index in [0.717, 1.165) is 36.6 Å². The fourth-order valence-electron chi connectivity index (χ4n) is 7.14. The molecule has 3 heterocycles. The van der Waals surface area contributed by atoms with Crippen LogP contribution in [-0.2, 0) is 24.4 Å². The summed E-state index contributed by atoms with van der Waals surface area (Å²) in [6.45, 7) is 1.85. The molecule has 2 fully saturated rings. The molecular weight excluding hydrogens is 697 g/mol. The standard InChI is InChI=1S/C40H42N4O8S/c1-26(45)44-25-30(52-36-23-32(27-13-7-6-8-14-27)41-33-21-29(50-2)18-19-31(33)36)22-34(44)38(46)42-40-24-28(40)15-9-4-3-5-12-20-51-35-16-10-11-17-37(35)53(48,49)43-39(40)47/h6-11,13-19,21,23,28,30,34H,3-5,12,20,22,24-25H2,1-2H3,(H,42,46)(H,43,47)/b15-9-/t28-,30-,34+,40-/m1/s1. The minimum Gasteiger partial charge on any atom is -0.497 e. The maximum atomic E-state index is 14.1. The van der Waals surface area contributed by atoms with Crippen LogP contribution in [-0.4, -0.2) is 74.0 Å². The van der Waals surface area contributed by atoms with Crippen LogP contribution in [0.4, 0.5) is 0 Å². The summed E-state index contributed by atoms with van der Waals surface area (Å²) in [5.74, 6) is -0.861. The van der Waals surface area contributed by atoms with Crippen LogP contribution in [0.3, 0.4) is 0 Å². The molecule has 3 aromatic carbocycles. The molecule has 53 heavy (non-hydrogen) atoms. The highest BCUT2D eigenvalue weighted by molar-refractivity contribution is 7.90. The molecule has 1 aliphatic carbocycles. The van der Waals surface area contributed by atoms with E-state index >= 15 is 0 Å². The second kappa shape index (κ2) is 14.9. The predicted molar refractivity (Wildman–Crippen MR) is 198 cm³/mol. The van der Waals surface area contributed by atoms with Crippen molar-refractivity contribution in [2.75, 3.05) is 20.3 Å². The Balaban J connectivity index is 1.15. The second-order valence-electron chi connectivity index (χ2n) is 13.7. The number of ether oxygens (including phenoxy) is 3. The minimum atomic E-state index is -4.36. The number of nitrogens with one attached hydrogen (secondary N) is 2. The Labute approximate surface area is 308 Å². The van der Waals surface area contributed by atoms with E-state index in [0.29, 0.717) is 29.3 Å². The molecule has 276 valence electrons. The van der Waals surface area contributed by atoms with Crippen molar-refractivity contribution in [2.24, 2.45) is 5.92 Å². The summed E-state index contributed by atoms with van der Waals surface area (Å²) < 4.78 is 47.2. The maximum absolute atomic E-state index is 14.1. The van der Waals surface area contributed by atoms with Gasteiger partial charge in [0.1, 0.15) is 39.8 Å². The number of hydrogen-bond donors (Lipinski definition) is 2. The number of aromatic nitrogens is 1. The zero-order valence-corrected chi connectivity index (χ0v) is 30.4. The number of likely N-dealkylation sites (tertiary alicyclic amines) is 1. The van der Waals surface area contributed by atoms with Gasteiger partial charge >= 0.3 is 0 Å². The Morgan fingerprint density at radius 1 is 1.02 bits per heavy atom. The number of rotatable bonds is 6. The first kappa shape index (κ1) is 36.0. The zero-order valence-electron chi connectivity index (χ0n) is 29.6. The monoisotopic (exact) mass is 738 g/mol. The van der Waals surface area contributed by atoms with Crippen LogP contribution in [0.1, 0.15) is 45.4 Å². The highest BCUT2D eigenvalue weighted by Crippen LogP contribution is 2.46. The van der Waals surface area contributed by atoms with E-state index in [1.807, 2.05) is 66.7 Å². The van der Waals surface area contributed by atoms with Crippen LogP contribution < -0.4 is 24.2 Å². The number of pyridine rings is 1. The van der Waals surface area contributed by atoms with Crippen LogP contribution in [0, 0.1) is 5.92 Å². The molecule has 12 nitrogen and oxygen atoms in total. The lowest BCUT2D eigenvalue weighted by Crippen LogP contribution is -2.56. The molecule has 0 spiro atoms. The maximum Gasteiger partial charge on any atom is 0.267 e. The average molecular weight is 739 g/mol. The van der Waals surface area contributed by atoms with E-state index in [9.17, 15) is 22.8 Å². The molecule has 13 heteroatoms. The first-order valence-corrected chi connectivity index (χ1v) is 19.3. The average Bonchev–Trinajstić information content (AvgIpc) is 3.68. The number of hydrogen-bond acceptors (Lipinski definition) is 9. The fraction of sp³-hybridized carbons (Fsp3) is 0.350. The summed E-state index contributed by atoms with van der Waals surface area (Å²) in [6.07, 6.45) is 6.90. The van der Waals surface area contributed by atoms with Crippen LogP contribution in [0.5, 0.6) is 17.2 Å². The van der Waals surface area contributed by atoms with Gasteiger partial charge < -0.3 is 24.4 Å². The number of methoxy groups -OCH3 is 1. The van der Waals surface area contributed by atoms with Crippen molar-refractivity contribution in [2.45, 2.75) is 68.0 Å². The van der Waals surface area contributed by atoms with Gasteiger partial charge in [0.05, 0.1) is 31.5 Å². The van der Waals surface area contributed by atoms with Crippen molar-refractivity contribution in [1.29, 1.82) is 0 Å². The molecule has 1 saturated heterocycles. The van der Waals surface area contributed by atoms with Crippen molar-refractivity contribution in [3.63, 3.8) is 0 Å². The topological polar surface area (TPSA) is 153 Å². The quantitative estimate of drug-likeness (QED) is 0.255. The van der Waals surface area contributed by atoms with E-state index < -0.39 is 45.4 Å². The lowest BCUT2D eigenvalue weighted by atomic mass is 10.1. The van der Waals surface area contributed by atoms with Crippen LogP contribution in [0.15, 0.2) is 95.9 Å². The summed E-state index contributed by atoms with van der Waals surface area (Å²) >= 11 is 0. The molecule has 0 unspecified atom stereocenters. The number of carbonyl (C=O) groups is 3. The van der Waals surface area contributed by atoms with Crippen molar-refractivity contribution in [1.82, 2.24) is 19.9 Å². The van der Waals surface area contributed by atoms with Crippen LogP contribution in [0.2, 0.25) is 0 Å². The molecule has 1 saturated carbocycles. The Morgan fingerprint density at radius 2 is 1.81 bits per heavy atom. The molecule has 3 amide bonds. The molecule has 3 aliphatic rings. The van der Waals surface area contributed by atoms with E-state index in [1.165, 1.54) is 17.9 Å². The third-order valence-electron chi connectivity index (χ3n) is 10.1. The van der Waals surface area contributed by atoms with E-state index in [4.69, 9.17) is 19.2 Å². The summed E-state index contributed by atoms with van der Waals surface area (Å²) in [7, 11) is -2.77. The lowest BCUT2D eigenvalue weighted by Gasteiger charge is -2.25. The Hall–Kier alpha value is -5.43. The van der Waals surface area contributed by atoms with Gasteiger partial charge in [-0.1, -0.05) is 54.6 Å². The number of sulfonamides is 1. The number of nitrogens with zero attached hydrogens (tertiary/aromatic N) is 2. The molecule has 4 atom stereocenters. The van der Waals surface area contributed by atoms with Gasteiger partial charge in [-0.3, -0.25) is 14.4 Å². The molecule has 7 rings (SSSR count). The third-order valence-corrected chi connectivity index (χ3v) is 11.5. The fourth-order valence-corrected chi connectivity index (χ4v) is 8.33. The van der Waals surface area contributed by atoms with E-state index in [-0.39, 0.29) is 35.9 Å². The first-order chi connectivity index (χ1) is 25.6. The molecule has 4 aromatic rings. The zero-order chi connectivity index (χ0) is 37.2. The highest BCUT2D eigenvalue weighted by atomic mass is 32.2. The Bertz CT molecular complexity index is 2180. The van der Waals surface area contributed by atoms with Gasteiger partial charge in [-0.05, 0) is 56.4 Å². The molecule has 0 radical (unpaired) electrons. The summed E-state index contributed by atoms with van der Waals surface area (Å²) in [5.41, 5.74) is 0.702. The summed E-state index contributed by atoms with van der Waals surface area (Å²) in [6, 6.07) is 22.2. The van der Waals surface area contributed by atoms with Crippen LogP contribution in [0.25, 0.3) is 22.2 Å². The lowest BCUT2D eigenvalue weighted by molar-refractivity contribution is -0.138. The number of para-hydroxylation sites is 1. The SMILES string of the molecule is COc1ccc2c(O[C@@H]3C[C@@H](C(=O)N[C@]45C[C@H]4/C=C\CCCCCOc4ccccc4S(=O)(=O)NC5=O)N(C(C)=O)C3)cc(-c3ccccc3)nc2c1. The van der Waals surface area contributed by atoms with Gasteiger partial charge in [0.25, 0.3) is 15.9 Å². The predicted octanol–water partition coefficient (Wildman–Crippen LogP) is 5.17. The number of amides is 3. The van der Waals surface area contributed by atoms with Crippen molar-refractivity contribution in [3.8, 4) is 28.5 Å². The first-order valence-electron chi connectivity index (χ1n) is 17.8. The number of carbonyl (C=O) groups excluding carboxylic acids is 3. The van der Waals surface area contributed by atoms with E-state index in [2.05, 4.69) is 10.0 Å². The van der Waals surface area contributed by atoms with Crippen molar-refractivity contribution in [3.05, 3.63) is 91.0 Å². The largest absolute Gasteiger partial charge is 0.497 e. The van der Waals surface area contributed by atoms with Gasteiger partial charge in [0.15, 0.2) is 0 Å². The van der Waals surface area contributed by atoms with Gasteiger partial charge in [-0.15, -0.1) is 0 Å². The summed E-state index contributed by atoms with van der Waals surface area (Å²) in [5, 5.41) is 3.62. The van der Waals surface area contributed by atoms with E-state index in [1.54, 1.807) is 25.3 Å².